The van der Waals surface area contributed by atoms with Crippen LogP contribution in [0.1, 0.15) is 12.8 Å². The summed E-state index contributed by atoms with van der Waals surface area (Å²) in [4.78, 5) is 18.2. The summed E-state index contributed by atoms with van der Waals surface area (Å²) in [6.07, 6.45) is 2.22. The summed E-state index contributed by atoms with van der Waals surface area (Å²) in [5.74, 6) is 0.146. The van der Waals surface area contributed by atoms with Gasteiger partial charge in [-0.15, -0.1) is 0 Å². The van der Waals surface area contributed by atoms with Crippen LogP contribution in [-0.4, -0.2) is 117 Å². The van der Waals surface area contributed by atoms with E-state index in [2.05, 4.69) is 9.80 Å². The maximum atomic E-state index is 12.7. The quantitative estimate of drug-likeness (QED) is 0.612. The monoisotopic (exact) mass is 359 g/mol. The third-order valence-electron chi connectivity index (χ3n) is 5.29. The molecule has 0 spiro atoms. The Morgan fingerprint density at radius 3 is 1.96 bits per heavy atom. The summed E-state index contributed by atoms with van der Waals surface area (Å²) in [5, 5.41) is 0. The van der Waals surface area contributed by atoms with E-state index < -0.39 is 10.2 Å². The summed E-state index contributed by atoms with van der Waals surface area (Å²) in [7, 11) is 0.519. The summed E-state index contributed by atoms with van der Waals surface area (Å²) in [6.45, 7) is 5.25. The highest BCUT2D eigenvalue weighted by Crippen LogP contribution is 2.25. The molecule has 0 bridgehead atoms. The van der Waals surface area contributed by atoms with Gasteiger partial charge in [0.05, 0.1) is 6.54 Å². The van der Waals surface area contributed by atoms with Gasteiger partial charge in [-0.3, -0.25) is 9.69 Å². The Kier molecular flexibility index (Phi) is 5.45. The van der Waals surface area contributed by atoms with Crippen LogP contribution in [0.25, 0.3) is 0 Å². The van der Waals surface area contributed by atoms with Crippen LogP contribution in [0.3, 0.4) is 0 Å². The van der Waals surface area contributed by atoms with Crippen molar-refractivity contribution >= 4 is 16.1 Å². The van der Waals surface area contributed by atoms with Crippen LogP contribution < -0.4 is 0 Å². The Bertz CT molecular complexity index is 549. The largest absolute Gasteiger partial charge is 0.342 e. The number of carbonyl (C=O) groups is 1. The molecule has 0 radical (unpaired) electrons. The molecule has 0 aromatic carbocycles. The molecular formula is C15H29N5O3S. The Morgan fingerprint density at radius 2 is 1.46 bits per heavy atom. The van der Waals surface area contributed by atoms with Crippen molar-refractivity contribution in [1.29, 1.82) is 0 Å². The minimum atomic E-state index is -3.36. The number of hydrogen-bond donors (Lipinski definition) is 0. The Balaban J connectivity index is 1.48. The van der Waals surface area contributed by atoms with E-state index in [0.29, 0.717) is 51.9 Å². The molecule has 0 N–H and O–H groups in total. The molecule has 0 aromatic heterocycles. The molecule has 24 heavy (non-hydrogen) atoms. The lowest BCUT2D eigenvalue weighted by molar-refractivity contribution is -0.131. The second-order valence-electron chi connectivity index (χ2n) is 7.12. The Hall–Kier alpha value is -0.740. The van der Waals surface area contributed by atoms with E-state index in [0.717, 1.165) is 25.9 Å². The van der Waals surface area contributed by atoms with Crippen molar-refractivity contribution in [2.45, 2.75) is 18.9 Å². The van der Waals surface area contributed by atoms with E-state index in [1.165, 1.54) is 0 Å². The highest BCUT2D eigenvalue weighted by molar-refractivity contribution is 7.86. The Morgan fingerprint density at radius 1 is 0.958 bits per heavy atom. The minimum absolute atomic E-state index is 0.146. The fourth-order valence-electron chi connectivity index (χ4n) is 3.27. The highest BCUT2D eigenvalue weighted by Gasteiger charge is 2.35. The zero-order chi connectivity index (χ0) is 17.3. The first-order chi connectivity index (χ1) is 11.4. The van der Waals surface area contributed by atoms with Crippen molar-refractivity contribution in [3.63, 3.8) is 0 Å². The molecule has 1 saturated carbocycles. The molecule has 8 nitrogen and oxygen atoms in total. The number of rotatable bonds is 5. The number of hydrogen-bond acceptors (Lipinski definition) is 5. The van der Waals surface area contributed by atoms with Crippen molar-refractivity contribution in [3.05, 3.63) is 0 Å². The maximum Gasteiger partial charge on any atom is 0.282 e. The second-order valence-corrected chi connectivity index (χ2v) is 9.05. The van der Waals surface area contributed by atoms with E-state index in [1.54, 1.807) is 8.61 Å². The van der Waals surface area contributed by atoms with Crippen LogP contribution in [0.4, 0.5) is 0 Å². The molecule has 2 heterocycles. The standard InChI is InChI=1S/C15H29N5O3S/c1-16-5-9-19(10-6-16)24(22,23)20-11-7-18(8-12-20)13-15(21)17(2)14-3-4-14/h14H,3-13H2,1-2H3. The minimum Gasteiger partial charge on any atom is -0.342 e. The number of likely N-dealkylation sites (N-methyl/N-ethyl adjacent to an activating group) is 2. The lowest BCUT2D eigenvalue weighted by Crippen LogP contribution is -2.57. The molecule has 0 aromatic rings. The van der Waals surface area contributed by atoms with Gasteiger partial charge in [-0.2, -0.15) is 17.0 Å². The van der Waals surface area contributed by atoms with Crippen LogP contribution in [0.5, 0.6) is 0 Å². The van der Waals surface area contributed by atoms with Crippen LogP contribution in [0.15, 0.2) is 0 Å². The van der Waals surface area contributed by atoms with Gasteiger partial charge in [0.15, 0.2) is 0 Å². The zero-order valence-corrected chi connectivity index (χ0v) is 15.5. The average Bonchev–Trinajstić information content (AvgIpc) is 3.40. The van der Waals surface area contributed by atoms with Gasteiger partial charge in [0, 0.05) is 65.4 Å². The van der Waals surface area contributed by atoms with E-state index in [9.17, 15) is 13.2 Å². The van der Waals surface area contributed by atoms with Gasteiger partial charge >= 0.3 is 0 Å². The van der Waals surface area contributed by atoms with Crippen molar-refractivity contribution in [2.75, 3.05) is 73.0 Å². The first kappa shape index (κ1) is 18.1. The molecule has 9 heteroatoms. The second kappa shape index (κ2) is 7.25. The van der Waals surface area contributed by atoms with E-state index >= 15 is 0 Å². The molecule has 0 atom stereocenters. The van der Waals surface area contributed by atoms with Crippen molar-refractivity contribution < 1.29 is 13.2 Å². The Labute approximate surface area is 145 Å². The van der Waals surface area contributed by atoms with Gasteiger partial charge in [-0.05, 0) is 19.9 Å². The third kappa shape index (κ3) is 4.08. The molecule has 1 amide bonds. The van der Waals surface area contributed by atoms with Gasteiger partial charge in [0.1, 0.15) is 0 Å². The van der Waals surface area contributed by atoms with E-state index in [-0.39, 0.29) is 5.91 Å². The smallest absolute Gasteiger partial charge is 0.282 e. The van der Waals surface area contributed by atoms with Gasteiger partial charge in [0.2, 0.25) is 5.91 Å². The predicted molar refractivity (Wildman–Crippen MR) is 91.8 cm³/mol. The third-order valence-corrected chi connectivity index (χ3v) is 7.33. The highest BCUT2D eigenvalue weighted by atomic mass is 32.2. The average molecular weight is 359 g/mol. The van der Waals surface area contributed by atoms with Crippen molar-refractivity contribution in [1.82, 2.24) is 23.3 Å². The lowest BCUT2D eigenvalue weighted by atomic mass is 10.3. The zero-order valence-electron chi connectivity index (χ0n) is 14.7. The topological polar surface area (TPSA) is 67.4 Å². The van der Waals surface area contributed by atoms with Gasteiger partial charge in [-0.25, -0.2) is 0 Å². The van der Waals surface area contributed by atoms with Crippen LogP contribution in [-0.2, 0) is 15.0 Å². The molecule has 3 fully saturated rings. The van der Waals surface area contributed by atoms with Crippen LogP contribution in [0, 0.1) is 0 Å². The van der Waals surface area contributed by atoms with Gasteiger partial charge in [-0.1, -0.05) is 0 Å². The van der Waals surface area contributed by atoms with Crippen molar-refractivity contribution in [3.8, 4) is 0 Å². The molecule has 3 aliphatic rings. The SMILES string of the molecule is CN1CCN(S(=O)(=O)N2CCN(CC(=O)N(C)C3CC3)CC2)CC1. The number of amides is 1. The van der Waals surface area contributed by atoms with Gasteiger partial charge in [0.25, 0.3) is 10.2 Å². The summed E-state index contributed by atoms with van der Waals surface area (Å²) >= 11 is 0. The molecule has 0 unspecified atom stereocenters. The van der Waals surface area contributed by atoms with Crippen LogP contribution >= 0.6 is 0 Å². The van der Waals surface area contributed by atoms with Crippen LogP contribution in [0.2, 0.25) is 0 Å². The molecule has 3 rings (SSSR count). The molecule has 1 aliphatic carbocycles. The molecule has 2 saturated heterocycles. The number of carbonyl (C=O) groups excluding carboxylic acids is 1. The first-order valence-corrected chi connectivity index (χ1v) is 10.2. The molecule has 2 aliphatic heterocycles. The summed E-state index contributed by atoms with van der Waals surface area (Å²) < 4.78 is 28.6. The molecular weight excluding hydrogens is 330 g/mol. The van der Waals surface area contributed by atoms with E-state index in [4.69, 9.17) is 0 Å². The maximum absolute atomic E-state index is 12.7. The van der Waals surface area contributed by atoms with Crippen molar-refractivity contribution in [2.24, 2.45) is 0 Å². The summed E-state index contributed by atoms with van der Waals surface area (Å²) in [6, 6.07) is 0.427. The van der Waals surface area contributed by atoms with Gasteiger partial charge < -0.3 is 9.80 Å². The number of nitrogens with zero attached hydrogens (tertiary/aromatic N) is 5. The lowest BCUT2D eigenvalue weighted by Gasteiger charge is -2.39. The first-order valence-electron chi connectivity index (χ1n) is 8.79. The normalized spacial score (nSPS) is 25.8. The number of piperazine rings is 2. The fourth-order valence-corrected chi connectivity index (χ4v) is 4.84. The molecule has 138 valence electrons. The fraction of sp³-hybridized carbons (Fsp3) is 0.933. The van der Waals surface area contributed by atoms with E-state index in [1.807, 2.05) is 19.0 Å². The predicted octanol–water partition coefficient (Wildman–Crippen LogP) is -1.28. The summed E-state index contributed by atoms with van der Waals surface area (Å²) in [5.41, 5.74) is 0.